The first-order chi connectivity index (χ1) is 11.6. The number of anilines is 1. The van der Waals surface area contributed by atoms with Crippen LogP contribution in [0, 0.1) is 6.92 Å². The van der Waals surface area contributed by atoms with Crippen molar-refractivity contribution in [3.05, 3.63) is 35.7 Å². The van der Waals surface area contributed by atoms with Crippen LogP contribution in [0.25, 0.3) is 0 Å². The van der Waals surface area contributed by atoms with Crippen molar-refractivity contribution in [2.75, 3.05) is 11.1 Å². The van der Waals surface area contributed by atoms with Crippen molar-refractivity contribution in [2.45, 2.75) is 57.1 Å². The van der Waals surface area contributed by atoms with Gasteiger partial charge in [-0.3, -0.25) is 4.79 Å². The second-order valence-corrected chi connectivity index (χ2v) is 7.34. The molecule has 0 aliphatic heterocycles. The number of carbonyl (C=O) groups is 1. The molecule has 1 aliphatic rings. The van der Waals surface area contributed by atoms with Crippen LogP contribution < -0.4 is 5.32 Å². The number of hydrogen-bond acceptors (Lipinski definition) is 4. The Morgan fingerprint density at radius 3 is 2.67 bits per heavy atom. The van der Waals surface area contributed by atoms with E-state index in [9.17, 15) is 4.79 Å². The van der Waals surface area contributed by atoms with E-state index in [0.29, 0.717) is 17.7 Å². The topological polar surface area (TPSA) is 59.8 Å². The second-order valence-electron chi connectivity index (χ2n) is 6.40. The molecule has 1 atom stereocenters. The zero-order chi connectivity index (χ0) is 17.1. The van der Waals surface area contributed by atoms with E-state index >= 15 is 0 Å². The number of rotatable bonds is 7. The minimum Gasteiger partial charge on any atom is -0.325 e. The summed E-state index contributed by atoms with van der Waals surface area (Å²) in [7, 11) is 0. The van der Waals surface area contributed by atoms with E-state index < -0.39 is 0 Å². The Hall–Kier alpha value is -1.82. The van der Waals surface area contributed by atoms with Gasteiger partial charge >= 0.3 is 0 Å². The third-order valence-electron chi connectivity index (χ3n) is 4.46. The van der Waals surface area contributed by atoms with Gasteiger partial charge in [-0.2, -0.15) is 0 Å². The molecule has 3 rings (SSSR count). The van der Waals surface area contributed by atoms with Gasteiger partial charge in [0.1, 0.15) is 5.82 Å². The second kappa shape index (κ2) is 7.38. The highest BCUT2D eigenvalue weighted by molar-refractivity contribution is 7.99. The molecule has 6 heteroatoms. The first kappa shape index (κ1) is 17.0. The maximum Gasteiger partial charge on any atom is 0.234 e. The van der Waals surface area contributed by atoms with Gasteiger partial charge in [-0.05, 0) is 49.8 Å². The molecule has 0 spiro atoms. The van der Waals surface area contributed by atoms with Gasteiger partial charge in [-0.15, -0.1) is 10.2 Å². The monoisotopic (exact) mass is 344 g/mol. The van der Waals surface area contributed by atoms with Gasteiger partial charge in [-0.25, -0.2) is 0 Å². The average Bonchev–Trinajstić information content (AvgIpc) is 3.35. The molecule has 128 valence electrons. The number of benzene rings is 1. The third kappa shape index (κ3) is 3.98. The zero-order valence-corrected chi connectivity index (χ0v) is 15.3. The van der Waals surface area contributed by atoms with Crippen molar-refractivity contribution in [3.8, 4) is 0 Å². The van der Waals surface area contributed by atoms with E-state index in [2.05, 4.69) is 46.1 Å². The lowest BCUT2D eigenvalue weighted by Crippen LogP contribution is -2.14. The molecular weight excluding hydrogens is 320 g/mol. The van der Waals surface area contributed by atoms with E-state index in [1.165, 1.54) is 30.2 Å². The number of nitrogens with one attached hydrogen (secondary N) is 1. The highest BCUT2D eigenvalue weighted by Gasteiger charge is 2.28. The first-order valence-electron chi connectivity index (χ1n) is 8.52. The predicted octanol–water partition coefficient (Wildman–Crippen LogP) is 4.17. The Morgan fingerprint density at radius 2 is 2.04 bits per heavy atom. The fourth-order valence-electron chi connectivity index (χ4n) is 2.66. The summed E-state index contributed by atoms with van der Waals surface area (Å²) >= 11 is 1.45. The van der Waals surface area contributed by atoms with Crippen LogP contribution in [0.4, 0.5) is 5.69 Å². The summed E-state index contributed by atoms with van der Waals surface area (Å²) in [6, 6.07) is 8.65. The minimum absolute atomic E-state index is 0.0145. The third-order valence-corrected chi connectivity index (χ3v) is 5.40. The number of carbonyl (C=O) groups excluding carboxylic acids is 1. The van der Waals surface area contributed by atoms with Crippen LogP contribution in [0.2, 0.25) is 0 Å². The zero-order valence-electron chi connectivity index (χ0n) is 14.5. The van der Waals surface area contributed by atoms with Gasteiger partial charge in [0.05, 0.1) is 5.75 Å². The maximum atomic E-state index is 12.2. The Kier molecular flexibility index (Phi) is 5.23. The van der Waals surface area contributed by atoms with Gasteiger partial charge in [0, 0.05) is 11.7 Å². The van der Waals surface area contributed by atoms with Crippen molar-refractivity contribution in [1.29, 1.82) is 0 Å². The fraction of sp³-hybridized carbons (Fsp3) is 0.500. The van der Waals surface area contributed by atoms with Crippen molar-refractivity contribution in [2.24, 2.45) is 0 Å². The minimum atomic E-state index is -0.0145. The van der Waals surface area contributed by atoms with E-state index in [4.69, 9.17) is 0 Å². The van der Waals surface area contributed by atoms with Crippen LogP contribution in [-0.2, 0) is 4.79 Å². The Labute approximate surface area is 147 Å². The van der Waals surface area contributed by atoms with Crippen molar-refractivity contribution < 1.29 is 4.79 Å². The van der Waals surface area contributed by atoms with Crippen LogP contribution >= 0.6 is 11.8 Å². The first-order valence-corrected chi connectivity index (χ1v) is 9.51. The molecule has 2 aromatic rings. The summed E-state index contributed by atoms with van der Waals surface area (Å²) in [4.78, 5) is 12.2. The summed E-state index contributed by atoms with van der Waals surface area (Å²) in [5, 5.41) is 12.1. The smallest absolute Gasteiger partial charge is 0.234 e. The van der Waals surface area contributed by atoms with Crippen molar-refractivity contribution >= 4 is 23.4 Å². The molecule has 0 bridgehead atoms. The lowest BCUT2D eigenvalue weighted by atomic mass is 9.99. The molecule has 1 saturated carbocycles. The molecular formula is C18H24N4OS. The van der Waals surface area contributed by atoms with Crippen LogP contribution in [0.1, 0.15) is 56.5 Å². The Bertz CT molecular complexity index is 706. The Morgan fingerprint density at radius 1 is 1.33 bits per heavy atom. The summed E-state index contributed by atoms with van der Waals surface area (Å²) in [5.41, 5.74) is 2.14. The van der Waals surface area contributed by atoms with Gasteiger partial charge in [0.2, 0.25) is 5.91 Å². The SMILES string of the molecule is CC[C@@H](C)c1ccc(NC(=O)CSc2nnc(C)n2C2CC2)cc1. The predicted molar refractivity (Wildman–Crippen MR) is 97.5 cm³/mol. The molecule has 1 fully saturated rings. The lowest BCUT2D eigenvalue weighted by molar-refractivity contribution is -0.113. The number of hydrogen-bond donors (Lipinski definition) is 1. The lowest BCUT2D eigenvalue weighted by Gasteiger charge is -2.10. The van der Waals surface area contributed by atoms with Crippen LogP contribution in [0.5, 0.6) is 0 Å². The molecule has 24 heavy (non-hydrogen) atoms. The number of aromatic nitrogens is 3. The summed E-state index contributed by atoms with van der Waals surface area (Å²) < 4.78 is 2.15. The van der Waals surface area contributed by atoms with Crippen LogP contribution in [-0.4, -0.2) is 26.4 Å². The Balaban J connectivity index is 1.54. The molecule has 0 saturated heterocycles. The largest absolute Gasteiger partial charge is 0.325 e. The summed E-state index contributed by atoms with van der Waals surface area (Å²) in [6.07, 6.45) is 3.48. The molecule has 0 radical (unpaired) electrons. The number of nitrogens with zero attached hydrogens (tertiary/aromatic N) is 3. The maximum absolute atomic E-state index is 12.2. The number of thioether (sulfide) groups is 1. The van der Waals surface area contributed by atoms with E-state index in [1.807, 2.05) is 19.1 Å². The molecule has 1 amide bonds. The molecule has 1 aromatic carbocycles. The van der Waals surface area contributed by atoms with Crippen LogP contribution in [0.15, 0.2) is 29.4 Å². The summed E-state index contributed by atoms with van der Waals surface area (Å²) in [5.74, 6) is 1.81. The van der Waals surface area contributed by atoms with Crippen molar-refractivity contribution in [3.63, 3.8) is 0 Å². The quantitative estimate of drug-likeness (QED) is 0.766. The normalized spacial score (nSPS) is 15.3. The van der Waals surface area contributed by atoms with Gasteiger partial charge in [0.25, 0.3) is 0 Å². The molecule has 0 unspecified atom stereocenters. The van der Waals surface area contributed by atoms with E-state index in [1.54, 1.807) is 0 Å². The molecule has 1 N–H and O–H groups in total. The number of amides is 1. The van der Waals surface area contributed by atoms with E-state index in [-0.39, 0.29) is 5.91 Å². The van der Waals surface area contributed by atoms with E-state index in [0.717, 1.165) is 23.1 Å². The van der Waals surface area contributed by atoms with Gasteiger partial charge in [-0.1, -0.05) is 37.7 Å². The molecule has 1 aromatic heterocycles. The molecule has 1 aliphatic carbocycles. The molecule has 1 heterocycles. The van der Waals surface area contributed by atoms with Gasteiger partial charge < -0.3 is 9.88 Å². The standard InChI is InChI=1S/C18H24N4OS/c1-4-12(2)14-5-7-15(8-6-14)19-17(23)11-24-18-21-20-13(3)22(18)16-9-10-16/h5-8,12,16H,4,9-11H2,1-3H3,(H,19,23)/t12-/m1/s1. The molecule has 5 nitrogen and oxygen atoms in total. The average molecular weight is 344 g/mol. The highest BCUT2D eigenvalue weighted by atomic mass is 32.2. The summed E-state index contributed by atoms with van der Waals surface area (Å²) in [6.45, 7) is 6.36. The highest BCUT2D eigenvalue weighted by Crippen LogP contribution is 2.38. The fourth-order valence-corrected chi connectivity index (χ4v) is 3.51. The van der Waals surface area contributed by atoms with Crippen LogP contribution in [0.3, 0.4) is 0 Å². The van der Waals surface area contributed by atoms with Gasteiger partial charge in [0.15, 0.2) is 5.16 Å². The number of aryl methyl sites for hydroxylation is 1. The van der Waals surface area contributed by atoms with Crippen molar-refractivity contribution in [1.82, 2.24) is 14.8 Å².